The second-order valence-corrected chi connectivity index (χ2v) is 5.20. The number of nitrogens with two attached hydrogens (primary N) is 1. The molecule has 0 bridgehead atoms. The molecule has 0 aliphatic heterocycles. The maximum absolute atomic E-state index is 5.83. The second-order valence-electron chi connectivity index (χ2n) is 5.20. The van der Waals surface area contributed by atoms with E-state index in [4.69, 9.17) is 5.73 Å². The molecule has 0 unspecified atom stereocenters. The molecule has 16 heavy (non-hydrogen) atoms. The van der Waals surface area contributed by atoms with E-state index >= 15 is 0 Å². The number of benzene rings is 1. The fourth-order valence-electron chi connectivity index (χ4n) is 2.48. The summed E-state index contributed by atoms with van der Waals surface area (Å²) in [5, 5.41) is 1.32. The van der Waals surface area contributed by atoms with Crippen molar-refractivity contribution in [3.05, 3.63) is 36.0 Å². The van der Waals surface area contributed by atoms with Gasteiger partial charge in [0.05, 0.1) is 0 Å². The van der Waals surface area contributed by atoms with Gasteiger partial charge in [0.1, 0.15) is 0 Å². The molecule has 2 nitrogen and oxygen atoms in total. The molecular weight excluding hydrogens is 196 g/mol. The van der Waals surface area contributed by atoms with Gasteiger partial charge < -0.3 is 10.3 Å². The number of aromatic nitrogens is 1. The summed E-state index contributed by atoms with van der Waals surface area (Å²) in [6.07, 6.45) is 5.86. The zero-order valence-electron chi connectivity index (χ0n) is 9.74. The zero-order chi connectivity index (χ0) is 11.2. The first-order valence-electron chi connectivity index (χ1n) is 5.97. The number of aryl methyl sites for hydroxylation is 1. The van der Waals surface area contributed by atoms with Gasteiger partial charge in [-0.15, -0.1) is 0 Å². The summed E-state index contributed by atoms with van der Waals surface area (Å²) < 4.78 is 2.18. The fourth-order valence-corrected chi connectivity index (χ4v) is 2.48. The molecule has 2 heteroatoms. The zero-order valence-corrected chi connectivity index (χ0v) is 9.74. The van der Waals surface area contributed by atoms with Crippen LogP contribution in [-0.2, 0) is 13.5 Å². The first-order chi connectivity index (χ1) is 7.72. The number of nitrogens with zero attached hydrogens (tertiary/aromatic N) is 1. The predicted molar refractivity (Wildman–Crippen MR) is 67.3 cm³/mol. The van der Waals surface area contributed by atoms with E-state index in [0.717, 1.165) is 13.0 Å². The van der Waals surface area contributed by atoms with Crippen LogP contribution >= 0.6 is 0 Å². The molecule has 0 radical (unpaired) electrons. The van der Waals surface area contributed by atoms with Crippen molar-refractivity contribution in [1.82, 2.24) is 4.57 Å². The summed E-state index contributed by atoms with van der Waals surface area (Å²) in [6, 6.07) is 8.94. The quantitative estimate of drug-likeness (QED) is 0.836. The lowest BCUT2D eigenvalue weighted by Crippen LogP contribution is -2.17. The van der Waals surface area contributed by atoms with E-state index in [1.807, 2.05) is 0 Å². The monoisotopic (exact) mass is 214 g/mol. The standard InChI is InChI=1S/C14H18N2/c1-16-7-4-12-3-2-11(8-13(12)16)9-14(10-15)5-6-14/h2-4,7-8H,5-6,9-10,15H2,1H3. The molecular formula is C14H18N2. The van der Waals surface area contributed by atoms with E-state index in [9.17, 15) is 0 Å². The smallest absolute Gasteiger partial charge is 0.0480 e. The molecule has 2 aromatic rings. The minimum absolute atomic E-state index is 0.429. The lowest BCUT2D eigenvalue weighted by Gasteiger charge is -2.12. The van der Waals surface area contributed by atoms with E-state index in [2.05, 4.69) is 42.1 Å². The van der Waals surface area contributed by atoms with Crippen molar-refractivity contribution < 1.29 is 0 Å². The normalized spacial score (nSPS) is 17.9. The number of hydrogen-bond acceptors (Lipinski definition) is 1. The molecule has 1 aromatic carbocycles. The third-order valence-corrected chi connectivity index (χ3v) is 3.92. The maximum atomic E-state index is 5.83. The lowest BCUT2D eigenvalue weighted by molar-refractivity contribution is 0.521. The molecule has 2 N–H and O–H groups in total. The number of hydrogen-bond donors (Lipinski definition) is 1. The highest BCUT2D eigenvalue weighted by atomic mass is 14.9. The average molecular weight is 214 g/mol. The molecule has 1 aliphatic rings. The Morgan fingerprint density at radius 3 is 2.81 bits per heavy atom. The Kier molecular flexibility index (Phi) is 2.08. The Balaban J connectivity index is 1.95. The average Bonchev–Trinajstić information content (AvgIpc) is 2.98. The molecule has 1 aliphatic carbocycles. The molecule has 0 saturated heterocycles. The third kappa shape index (κ3) is 1.54. The van der Waals surface area contributed by atoms with Crippen LogP contribution in [0.2, 0.25) is 0 Å². The summed E-state index contributed by atoms with van der Waals surface area (Å²) in [5.41, 5.74) is 9.02. The van der Waals surface area contributed by atoms with Gasteiger partial charge in [-0.1, -0.05) is 12.1 Å². The summed E-state index contributed by atoms with van der Waals surface area (Å²) >= 11 is 0. The van der Waals surface area contributed by atoms with Gasteiger partial charge in [-0.05, 0) is 54.3 Å². The molecule has 1 fully saturated rings. The Bertz CT molecular complexity index is 521. The van der Waals surface area contributed by atoms with E-state index < -0.39 is 0 Å². The summed E-state index contributed by atoms with van der Waals surface area (Å²) in [5.74, 6) is 0. The van der Waals surface area contributed by atoms with Crippen LogP contribution < -0.4 is 5.73 Å². The highest BCUT2D eigenvalue weighted by molar-refractivity contribution is 5.80. The van der Waals surface area contributed by atoms with Gasteiger partial charge in [0.2, 0.25) is 0 Å². The van der Waals surface area contributed by atoms with Gasteiger partial charge in [-0.25, -0.2) is 0 Å². The van der Waals surface area contributed by atoms with Crippen molar-refractivity contribution in [1.29, 1.82) is 0 Å². The first-order valence-corrected chi connectivity index (χ1v) is 5.97. The molecule has 1 heterocycles. The third-order valence-electron chi connectivity index (χ3n) is 3.92. The van der Waals surface area contributed by atoms with Crippen LogP contribution in [-0.4, -0.2) is 11.1 Å². The van der Waals surface area contributed by atoms with E-state index in [1.165, 1.54) is 29.3 Å². The highest BCUT2D eigenvalue weighted by Gasteiger charge is 2.40. The van der Waals surface area contributed by atoms with E-state index in [0.29, 0.717) is 5.41 Å². The summed E-state index contributed by atoms with van der Waals surface area (Å²) in [4.78, 5) is 0. The van der Waals surface area contributed by atoms with Crippen molar-refractivity contribution in [3.8, 4) is 0 Å². The summed E-state index contributed by atoms with van der Waals surface area (Å²) in [6.45, 7) is 0.832. The molecule has 84 valence electrons. The van der Waals surface area contributed by atoms with Gasteiger partial charge in [-0.2, -0.15) is 0 Å². The highest BCUT2D eigenvalue weighted by Crippen LogP contribution is 2.47. The number of rotatable bonds is 3. The Labute approximate surface area is 96.1 Å². The van der Waals surface area contributed by atoms with Crippen LogP contribution in [0, 0.1) is 5.41 Å². The largest absolute Gasteiger partial charge is 0.351 e. The van der Waals surface area contributed by atoms with Crippen LogP contribution in [0.15, 0.2) is 30.5 Å². The van der Waals surface area contributed by atoms with Gasteiger partial charge in [0, 0.05) is 18.8 Å². The maximum Gasteiger partial charge on any atom is 0.0480 e. The topological polar surface area (TPSA) is 30.9 Å². The van der Waals surface area contributed by atoms with Gasteiger partial charge in [0.15, 0.2) is 0 Å². The Hall–Kier alpha value is -1.28. The van der Waals surface area contributed by atoms with Gasteiger partial charge >= 0.3 is 0 Å². The van der Waals surface area contributed by atoms with Gasteiger partial charge in [-0.3, -0.25) is 0 Å². The van der Waals surface area contributed by atoms with Crippen molar-refractivity contribution >= 4 is 10.9 Å². The molecule has 3 rings (SSSR count). The van der Waals surface area contributed by atoms with Crippen LogP contribution in [0.5, 0.6) is 0 Å². The Morgan fingerprint density at radius 1 is 1.31 bits per heavy atom. The van der Waals surface area contributed by atoms with Crippen molar-refractivity contribution in [2.75, 3.05) is 6.54 Å². The predicted octanol–water partition coefficient (Wildman–Crippen LogP) is 2.46. The van der Waals surface area contributed by atoms with Crippen LogP contribution in [0.3, 0.4) is 0 Å². The first kappa shape index (κ1) is 9.91. The van der Waals surface area contributed by atoms with Crippen molar-refractivity contribution in [2.24, 2.45) is 18.2 Å². The van der Waals surface area contributed by atoms with Crippen molar-refractivity contribution in [2.45, 2.75) is 19.3 Å². The minimum atomic E-state index is 0.429. The molecule has 1 aromatic heterocycles. The summed E-state index contributed by atoms with van der Waals surface area (Å²) in [7, 11) is 2.10. The number of fused-ring (bicyclic) bond motifs is 1. The van der Waals surface area contributed by atoms with Crippen LogP contribution in [0.25, 0.3) is 10.9 Å². The molecule has 1 saturated carbocycles. The Morgan fingerprint density at radius 2 is 2.12 bits per heavy atom. The molecule has 0 amide bonds. The lowest BCUT2D eigenvalue weighted by atomic mass is 9.96. The SMILES string of the molecule is Cn1ccc2ccc(CC3(CN)CC3)cc21. The molecule has 0 atom stereocenters. The van der Waals surface area contributed by atoms with Gasteiger partial charge in [0.25, 0.3) is 0 Å². The van der Waals surface area contributed by atoms with Crippen LogP contribution in [0.1, 0.15) is 18.4 Å². The minimum Gasteiger partial charge on any atom is -0.351 e. The fraction of sp³-hybridized carbons (Fsp3) is 0.429. The van der Waals surface area contributed by atoms with E-state index in [1.54, 1.807) is 0 Å². The second kappa shape index (κ2) is 3.36. The molecule has 0 spiro atoms. The van der Waals surface area contributed by atoms with Crippen LogP contribution in [0.4, 0.5) is 0 Å². The van der Waals surface area contributed by atoms with E-state index in [-0.39, 0.29) is 0 Å². The van der Waals surface area contributed by atoms with Crippen molar-refractivity contribution in [3.63, 3.8) is 0 Å².